The van der Waals surface area contributed by atoms with Gasteiger partial charge >= 0.3 is 6.01 Å². The number of nitrogens with zero attached hydrogens (tertiary/aromatic N) is 2. The summed E-state index contributed by atoms with van der Waals surface area (Å²) in [4.78, 5) is 8.79. The molecule has 2 aromatic rings. The van der Waals surface area contributed by atoms with Crippen molar-refractivity contribution in [2.24, 2.45) is 0 Å². The van der Waals surface area contributed by atoms with E-state index in [4.69, 9.17) is 9.47 Å². The van der Waals surface area contributed by atoms with Crippen LogP contribution in [0.15, 0.2) is 24.4 Å². The highest BCUT2D eigenvalue weighted by Crippen LogP contribution is 2.24. The normalized spacial score (nSPS) is 22.2. The van der Waals surface area contributed by atoms with Crippen LogP contribution in [0.4, 0.5) is 0 Å². The predicted octanol–water partition coefficient (Wildman–Crippen LogP) is 2.55. The Hall–Kier alpha value is -1.88. The van der Waals surface area contributed by atoms with Crippen molar-refractivity contribution in [2.75, 3.05) is 14.2 Å². The molecule has 21 heavy (non-hydrogen) atoms. The van der Waals surface area contributed by atoms with Gasteiger partial charge in [0.2, 0.25) is 0 Å². The van der Waals surface area contributed by atoms with Crippen LogP contribution >= 0.6 is 0 Å². The van der Waals surface area contributed by atoms with Crippen molar-refractivity contribution in [3.63, 3.8) is 0 Å². The van der Waals surface area contributed by atoms with Crippen molar-refractivity contribution in [3.05, 3.63) is 24.4 Å². The van der Waals surface area contributed by atoms with Crippen molar-refractivity contribution in [1.82, 2.24) is 15.3 Å². The average molecular weight is 287 g/mol. The van der Waals surface area contributed by atoms with E-state index in [0.29, 0.717) is 12.1 Å². The van der Waals surface area contributed by atoms with Crippen LogP contribution in [0.25, 0.3) is 10.9 Å². The minimum atomic E-state index is 0.220. The number of rotatable bonds is 4. The smallest absolute Gasteiger partial charge is 0.317 e. The molecule has 1 aromatic heterocycles. The molecule has 0 spiro atoms. The van der Waals surface area contributed by atoms with Crippen molar-refractivity contribution >= 4 is 10.9 Å². The zero-order valence-electron chi connectivity index (χ0n) is 12.5. The molecule has 1 aromatic carbocycles. The second-order valence-electron chi connectivity index (χ2n) is 5.46. The van der Waals surface area contributed by atoms with Gasteiger partial charge in [-0.1, -0.05) is 0 Å². The first-order valence-corrected chi connectivity index (χ1v) is 7.43. The SMILES string of the molecule is CNC1CCC(Oc2ncc3ccc(OC)cc3n2)CC1. The largest absolute Gasteiger partial charge is 0.497 e. The van der Waals surface area contributed by atoms with Crippen LogP contribution in [0.2, 0.25) is 0 Å². The molecule has 112 valence electrons. The Labute approximate surface area is 124 Å². The highest BCUT2D eigenvalue weighted by atomic mass is 16.5. The second kappa shape index (κ2) is 6.26. The topological polar surface area (TPSA) is 56.3 Å². The summed E-state index contributed by atoms with van der Waals surface area (Å²) in [6.45, 7) is 0. The van der Waals surface area contributed by atoms with Crippen molar-refractivity contribution in [2.45, 2.75) is 37.8 Å². The highest BCUT2D eigenvalue weighted by Gasteiger charge is 2.22. The molecule has 3 rings (SSSR count). The predicted molar refractivity (Wildman–Crippen MR) is 81.8 cm³/mol. The summed E-state index contributed by atoms with van der Waals surface area (Å²) < 4.78 is 11.2. The Morgan fingerprint density at radius 2 is 2.00 bits per heavy atom. The van der Waals surface area contributed by atoms with Crippen molar-refractivity contribution in [3.8, 4) is 11.8 Å². The molecule has 0 unspecified atom stereocenters. The standard InChI is InChI=1S/C16H21N3O2/c1-17-12-4-7-13(8-5-12)21-16-18-10-11-3-6-14(20-2)9-15(11)19-16/h3,6,9-10,12-13,17H,4-5,7-8H2,1-2H3. The molecule has 1 N–H and O–H groups in total. The fourth-order valence-corrected chi connectivity index (χ4v) is 2.79. The summed E-state index contributed by atoms with van der Waals surface area (Å²) in [5, 5.41) is 4.31. The third kappa shape index (κ3) is 3.24. The van der Waals surface area contributed by atoms with Crippen molar-refractivity contribution in [1.29, 1.82) is 0 Å². The van der Waals surface area contributed by atoms with Gasteiger partial charge in [-0.3, -0.25) is 0 Å². The third-order valence-electron chi connectivity index (χ3n) is 4.12. The first-order chi connectivity index (χ1) is 10.3. The van der Waals surface area contributed by atoms with Crippen LogP contribution in [-0.4, -0.2) is 36.3 Å². The van der Waals surface area contributed by atoms with Gasteiger partial charge in [0.1, 0.15) is 11.9 Å². The summed E-state index contributed by atoms with van der Waals surface area (Å²) in [5.41, 5.74) is 0.850. The Morgan fingerprint density at radius 3 is 2.71 bits per heavy atom. The fourth-order valence-electron chi connectivity index (χ4n) is 2.79. The van der Waals surface area contributed by atoms with Gasteiger partial charge in [0, 0.05) is 23.7 Å². The van der Waals surface area contributed by atoms with Crippen LogP contribution in [-0.2, 0) is 0 Å². The number of aromatic nitrogens is 2. The number of hydrogen-bond donors (Lipinski definition) is 1. The summed E-state index contributed by atoms with van der Waals surface area (Å²) in [6, 6.07) is 6.85. The van der Waals surface area contributed by atoms with Gasteiger partial charge in [-0.2, -0.15) is 4.98 Å². The summed E-state index contributed by atoms with van der Waals surface area (Å²) in [7, 11) is 3.67. The van der Waals surface area contributed by atoms with Crippen LogP contribution in [0.1, 0.15) is 25.7 Å². The first-order valence-electron chi connectivity index (χ1n) is 7.43. The van der Waals surface area contributed by atoms with Gasteiger partial charge in [-0.25, -0.2) is 4.98 Å². The van der Waals surface area contributed by atoms with E-state index in [1.807, 2.05) is 25.2 Å². The molecule has 0 bridgehead atoms. The lowest BCUT2D eigenvalue weighted by Crippen LogP contribution is -2.34. The maximum atomic E-state index is 5.94. The van der Waals surface area contributed by atoms with Gasteiger partial charge in [-0.15, -0.1) is 0 Å². The lowest BCUT2D eigenvalue weighted by molar-refractivity contribution is 0.130. The van der Waals surface area contributed by atoms with Gasteiger partial charge in [0.25, 0.3) is 0 Å². The second-order valence-corrected chi connectivity index (χ2v) is 5.46. The first kappa shape index (κ1) is 14.1. The average Bonchev–Trinajstić information content (AvgIpc) is 2.55. The molecule has 5 heteroatoms. The number of benzene rings is 1. The quantitative estimate of drug-likeness (QED) is 0.936. The van der Waals surface area contributed by atoms with Gasteiger partial charge < -0.3 is 14.8 Å². The Morgan fingerprint density at radius 1 is 1.19 bits per heavy atom. The molecule has 1 aliphatic rings. The Bertz CT molecular complexity index is 609. The minimum absolute atomic E-state index is 0.220. The molecule has 0 radical (unpaired) electrons. The Balaban J connectivity index is 1.72. The van der Waals surface area contributed by atoms with Gasteiger partial charge in [0.15, 0.2) is 0 Å². The molecule has 1 fully saturated rings. The summed E-state index contributed by atoms with van der Waals surface area (Å²) >= 11 is 0. The van der Waals surface area contributed by atoms with Crippen molar-refractivity contribution < 1.29 is 9.47 Å². The lowest BCUT2D eigenvalue weighted by Gasteiger charge is -2.27. The van der Waals surface area contributed by atoms with E-state index in [0.717, 1.165) is 42.3 Å². The zero-order chi connectivity index (χ0) is 14.7. The minimum Gasteiger partial charge on any atom is -0.497 e. The number of fused-ring (bicyclic) bond motifs is 1. The number of ether oxygens (including phenoxy) is 2. The van der Waals surface area contributed by atoms with Gasteiger partial charge in [-0.05, 0) is 44.9 Å². The summed E-state index contributed by atoms with van der Waals surface area (Å²) in [6.07, 6.45) is 6.40. The number of methoxy groups -OCH3 is 1. The molecule has 0 aliphatic heterocycles. The molecule has 0 saturated heterocycles. The molecule has 1 aliphatic carbocycles. The number of hydrogen-bond acceptors (Lipinski definition) is 5. The summed E-state index contributed by atoms with van der Waals surface area (Å²) in [5.74, 6) is 0.793. The van der Waals surface area contributed by atoms with E-state index < -0.39 is 0 Å². The van der Waals surface area contributed by atoms with Crippen LogP contribution in [0.3, 0.4) is 0 Å². The fraction of sp³-hybridized carbons (Fsp3) is 0.500. The molecular formula is C16H21N3O2. The van der Waals surface area contributed by atoms with E-state index in [1.54, 1.807) is 13.3 Å². The van der Waals surface area contributed by atoms with Crippen LogP contribution in [0.5, 0.6) is 11.8 Å². The Kier molecular flexibility index (Phi) is 4.20. The maximum Gasteiger partial charge on any atom is 0.317 e. The molecular weight excluding hydrogens is 266 g/mol. The monoisotopic (exact) mass is 287 g/mol. The molecule has 1 saturated carbocycles. The molecule has 5 nitrogen and oxygen atoms in total. The van der Waals surface area contributed by atoms with Gasteiger partial charge in [0.05, 0.1) is 12.6 Å². The molecule has 0 atom stereocenters. The zero-order valence-corrected chi connectivity index (χ0v) is 12.5. The highest BCUT2D eigenvalue weighted by molar-refractivity contribution is 5.79. The van der Waals surface area contributed by atoms with Crippen LogP contribution < -0.4 is 14.8 Å². The maximum absolute atomic E-state index is 5.94. The lowest BCUT2D eigenvalue weighted by atomic mass is 9.93. The molecule has 1 heterocycles. The van der Waals surface area contributed by atoms with Crippen LogP contribution in [0, 0.1) is 0 Å². The third-order valence-corrected chi connectivity index (χ3v) is 4.12. The van der Waals surface area contributed by atoms with E-state index in [2.05, 4.69) is 15.3 Å². The van der Waals surface area contributed by atoms with E-state index in [9.17, 15) is 0 Å². The van der Waals surface area contributed by atoms with E-state index >= 15 is 0 Å². The van der Waals surface area contributed by atoms with E-state index in [-0.39, 0.29) is 6.10 Å². The number of nitrogens with one attached hydrogen (secondary N) is 1. The van der Waals surface area contributed by atoms with E-state index in [1.165, 1.54) is 0 Å². The molecule has 0 amide bonds.